The van der Waals surface area contributed by atoms with Gasteiger partial charge in [-0.1, -0.05) is 11.8 Å². The fourth-order valence-electron chi connectivity index (χ4n) is 0.746. The molecular formula is C6H9NO2S. The van der Waals surface area contributed by atoms with Gasteiger partial charge in [-0.2, -0.15) is 0 Å². The van der Waals surface area contributed by atoms with E-state index in [0.29, 0.717) is 0 Å². The molecule has 1 aliphatic heterocycles. The predicted molar refractivity (Wildman–Crippen MR) is 40.5 cm³/mol. The van der Waals surface area contributed by atoms with Crippen molar-refractivity contribution in [1.29, 1.82) is 0 Å². The van der Waals surface area contributed by atoms with Crippen LogP contribution in [0.2, 0.25) is 0 Å². The second kappa shape index (κ2) is 2.54. The van der Waals surface area contributed by atoms with Crippen molar-refractivity contribution >= 4 is 17.7 Å². The summed E-state index contributed by atoms with van der Waals surface area (Å²) in [6.07, 6.45) is 0. The van der Waals surface area contributed by atoms with Gasteiger partial charge in [-0.15, -0.1) is 0 Å². The van der Waals surface area contributed by atoms with Crippen molar-refractivity contribution in [2.75, 3.05) is 7.05 Å². The van der Waals surface area contributed by atoms with Crippen LogP contribution in [0.3, 0.4) is 0 Å². The van der Waals surface area contributed by atoms with E-state index < -0.39 is 11.3 Å². The van der Waals surface area contributed by atoms with Crippen molar-refractivity contribution in [2.45, 2.75) is 12.3 Å². The number of hydrogen-bond donors (Lipinski definition) is 1. The molecule has 0 fully saturated rings. The molecule has 10 heavy (non-hydrogen) atoms. The van der Waals surface area contributed by atoms with Gasteiger partial charge in [0, 0.05) is 12.7 Å². The second-order valence-electron chi connectivity index (χ2n) is 2.20. The van der Waals surface area contributed by atoms with E-state index in [1.165, 1.54) is 11.8 Å². The summed E-state index contributed by atoms with van der Waals surface area (Å²) in [7, 11) is 1.78. The predicted octanol–water partition coefficient (Wildman–Crippen LogP) is 0.937. The van der Waals surface area contributed by atoms with Crippen molar-refractivity contribution in [2.24, 2.45) is 0 Å². The van der Waals surface area contributed by atoms with Crippen LogP contribution in [0.4, 0.5) is 0 Å². The Labute approximate surface area is 63.7 Å². The molecule has 0 saturated carbocycles. The van der Waals surface area contributed by atoms with E-state index in [4.69, 9.17) is 5.11 Å². The lowest BCUT2D eigenvalue weighted by molar-refractivity contribution is -0.138. The largest absolute Gasteiger partial charge is 0.479 e. The zero-order valence-electron chi connectivity index (χ0n) is 5.87. The molecule has 1 rings (SSSR count). The summed E-state index contributed by atoms with van der Waals surface area (Å²) in [6.45, 7) is 1.90. The van der Waals surface area contributed by atoms with Gasteiger partial charge < -0.3 is 10.0 Å². The van der Waals surface area contributed by atoms with Gasteiger partial charge in [-0.25, -0.2) is 4.79 Å². The molecule has 0 saturated heterocycles. The Balaban J connectivity index is 2.65. The number of carbonyl (C=O) groups is 1. The quantitative estimate of drug-likeness (QED) is 0.618. The number of nitrogens with zero attached hydrogens (tertiary/aromatic N) is 1. The van der Waals surface area contributed by atoms with Gasteiger partial charge in [0.05, 0.1) is 0 Å². The number of allylic oxidation sites excluding steroid dienone is 1. The second-order valence-corrected chi connectivity index (χ2v) is 3.15. The van der Waals surface area contributed by atoms with E-state index in [2.05, 4.69) is 0 Å². The molecule has 1 aliphatic rings. The molecule has 56 valence electrons. The molecule has 3 nitrogen and oxygen atoms in total. The highest BCUT2D eigenvalue weighted by atomic mass is 32.2. The molecule has 0 aromatic heterocycles. The number of rotatable bonds is 1. The topological polar surface area (TPSA) is 40.5 Å². The minimum absolute atomic E-state index is 0.417. The zero-order chi connectivity index (χ0) is 7.72. The van der Waals surface area contributed by atoms with Crippen LogP contribution in [-0.4, -0.2) is 28.4 Å². The van der Waals surface area contributed by atoms with Crippen molar-refractivity contribution < 1.29 is 9.90 Å². The average molecular weight is 159 g/mol. The van der Waals surface area contributed by atoms with Crippen LogP contribution in [0.1, 0.15) is 6.92 Å². The molecule has 0 spiro atoms. The lowest BCUT2D eigenvalue weighted by Gasteiger charge is -2.18. The summed E-state index contributed by atoms with van der Waals surface area (Å²) in [6, 6.07) is 0. The molecular weight excluding hydrogens is 150 g/mol. The van der Waals surface area contributed by atoms with Crippen LogP contribution in [0.15, 0.2) is 11.1 Å². The van der Waals surface area contributed by atoms with Gasteiger partial charge in [0.1, 0.15) is 0 Å². The van der Waals surface area contributed by atoms with Gasteiger partial charge in [0.2, 0.25) is 0 Å². The summed E-state index contributed by atoms with van der Waals surface area (Å²) in [5, 5.41) is 10.0. The summed E-state index contributed by atoms with van der Waals surface area (Å²) in [5.41, 5.74) is 1.01. The molecule has 1 heterocycles. The molecule has 0 radical (unpaired) electrons. The molecule has 1 N–H and O–H groups in total. The maximum Gasteiger partial charge on any atom is 0.337 e. The third kappa shape index (κ3) is 1.11. The maximum absolute atomic E-state index is 10.5. The van der Waals surface area contributed by atoms with Crippen molar-refractivity contribution in [3.05, 3.63) is 11.1 Å². The van der Waals surface area contributed by atoms with Crippen LogP contribution in [-0.2, 0) is 4.79 Å². The lowest BCUT2D eigenvalue weighted by atomic mass is 10.4. The van der Waals surface area contributed by atoms with Crippen LogP contribution in [0.25, 0.3) is 0 Å². The monoisotopic (exact) mass is 159 g/mol. The Bertz CT molecular complexity index is 190. The van der Waals surface area contributed by atoms with Gasteiger partial charge >= 0.3 is 5.97 Å². The molecule has 0 amide bonds. The molecule has 1 unspecified atom stereocenters. The number of hydrogen-bond acceptors (Lipinski definition) is 3. The van der Waals surface area contributed by atoms with E-state index in [1.807, 2.05) is 12.3 Å². The lowest BCUT2D eigenvalue weighted by Crippen LogP contribution is -2.30. The molecule has 0 aromatic rings. The highest BCUT2D eigenvalue weighted by Crippen LogP contribution is 2.28. The van der Waals surface area contributed by atoms with Crippen LogP contribution in [0, 0.1) is 0 Å². The van der Waals surface area contributed by atoms with Crippen LogP contribution >= 0.6 is 11.8 Å². The molecule has 1 atom stereocenters. The standard InChI is InChI=1S/C6H9NO2S/c1-4-3-10-5(6(8)9)7(4)2/h3,5H,1-2H3,(H,8,9). The van der Waals surface area contributed by atoms with Gasteiger partial charge in [0.25, 0.3) is 0 Å². The zero-order valence-corrected chi connectivity index (χ0v) is 6.68. The highest BCUT2D eigenvalue weighted by Gasteiger charge is 2.26. The minimum Gasteiger partial charge on any atom is -0.479 e. The fourth-order valence-corrected chi connectivity index (χ4v) is 1.70. The van der Waals surface area contributed by atoms with E-state index in [9.17, 15) is 4.79 Å². The Morgan fingerprint density at radius 2 is 2.50 bits per heavy atom. The maximum atomic E-state index is 10.5. The number of carboxylic acid groups (broad SMARTS) is 1. The molecule has 4 heteroatoms. The van der Waals surface area contributed by atoms with Crippen LogP contribution < -0.4 is 0 Å². The van der Waals surface area contributed by atoms with Crippen molar-refractivity contribution in [3.8, 4) is 0 Å². The first-order valence-electron chi connectivity index (χ1n) is 2.91. The molecule has 0 aromatic carbocycles. The first-order chi connectivity index (χ1) is 4.63. The Kier molecular flexibility index (Phi) is 1.89. The fraction of sp³-hybridized carbons (Fsp3) is 0.500. The van der Waals surface area contributed by atoms with Crippen molar-refractivity contribution in [1.82, 2.24) is 4.90 Å². The number of aliphatic carboxylic acids is 1. The summed E-state index contributed by atoms with van der Waals surface area (Å²) < 4.78 is 0. The normalized spacial score (nSPS) is 24.8. The Morgan fingerprint density at radius 3 is 2.70 bits per heavy atom. The average Bonchev–Trinajstić information content (AvgIpc) is 2.14. The minimum atomic E-state index is -0.777. The smallest absolute Gasteiger partial charge is 0.337 e. The van der Waals surface area contributed by atoms with E-state index in [-0.39, 0.29) is 0 Å². The Morgan fingerprint density at radius 1 is 1.90 bits per heavy atom. The SMILES string of the molecule is CC1=CSC(C(=O)O)N1C. The Hall–Kier alpha value is -0.640. The third-order valence-electron chi connectivity index (χ3n) is 1.49. The first-order valence-corrected chi connectivity index (χ1v) is 3.85. The van der Waals surface area contributed by atoms with E-state index in [1.54, 1.807) is 11.9 Å². The van der Waals surface area contributed by atoms with E-state index in [0.717, 1.165) is 5.70 Å². The van der Waals surface area contributed by atoms with E-state index >= 15 is 0 Å². The van der Waals surface area contributed by atoms with Crippen molar-refractivity contribution in [3.63, 3.8) is 0 Å². The summed E-state index contributed by atoms with van der Waals surface area (Å²) in [5.74, 6) is -0.777. The van der Waals surface area contributed by atoms with Gasteiger partial charge in [-0.3, -0.25) is 0 Å². The number of likely N-dealkylation sites (N-methyl/N-ethyl adjacent to an activating group) is 1. The summed E-state index contributed by atoms with van der Waals surface area (Å²) in [4.78, 5) is 12.2. The molecule has 0 bridgehead atoms. The summed E-state index contributed by atoms with van der Waals surface area (Å²) >= 11 is 1.33. The van der Waals surface area contributed by atoms with Crippen LogP contribution in [0.5, 0.6) is 0 Å². The first kappa shape index (κ1) is 7.47. The molecule has 0 aliphatic carbocycles. The number of carboxylic acids is 1. The number of thioether (sulfide) groups is 1. The van der Waals surface area contributed by atoms with Gasteiger partial charge in [0.15, 0.2) is 5.37 Å². The highest BCUT2D eigenvalue weighted by molar-refractivity contribution is 8.03. The van der Waals surface area contributed by atoms with Gasteiger partial charge in [-0.05, 0) is 12.3 Å². The third-order valence-corrected chi connectivity index (χ3v) is 2.74.